The first-order chi connectivity index (χ1) is 5.43. The molecule has 0 unspecified atom stereocenters. The highest BCUT2D eigenvalue weighted by Gasteiger charge is 2.10. The minimum Gasteiger partial charge on any atom is -0.320 e. The van der Waals surface area contributed by atoms with Gasteiger partial charge in [-0.1, -0.05) is 38.5 Å². The lowest BCUT2D eigenvalue weighted by atomic mass is 9.97. The van der Waals surface area contributed by atoms with Crippen LogP contribution in [0.15, 0.2) is 0 Å². The fourth-order valence-electron chi connectivity index (χ4n) is 2.00. The Balaban J connectivity index is 0.00000121. The summed E-state index contributed by atoms with van der Waals surface area (Å²) in [4.78, 5) is 0. The van der Waals surface area contributed by atoms with Crippen molar-refractivity contribution in [2.24, 2.45) is 5.92 Å². The SMILES string of the molecule is CNCCC1CCCCCC1.Cl. The van der Waals surface area contributed by atoms with E-state index in [9.17, 15) is 0 Å². The van der Waals surface area contributed by atoms with Crippen molar-refractivity contribution >= 4 is 12.4 Å². The highest BCUT2D eigenvalue weighted by molar-refractivity contribution is 5.85. The molecule has 0 aliphatic heterocycles. The smallest absolute Gasteiger partial charge is 0.00493 e. The van der Waals surface area contributed by atoms with Gasteiger partial charge in [-0.3, -0.25) is 0 Å². The van der Waals surface area contributed by atoms with E-state index in [0.717, 1.165) is 5.92 Å². The van der Waals surface area contributed by atoms with Gasteiger partial charge in [0.1, 0.15) is 0 Å². The van der Waals surface area contributed by atoms with Gasteiger partial charge in [-0.05, 0) is 25.9 Å². The maximum absolute atomic E-state index is 3.24. The fourth-order valence-corrected chi connectivity index (χ4v) is 2.00. The molecule has 0 radical (unpaired) electrons. The summed E-state index contributed by atoms with van der Waals surface area (Å²) >= 11 is 0. The Morgan fingerprint density at radius 2 is 1.67 bits per heavy atom. The normalized spacial score (nSPS) is 19.8. The van der Waals surface area contributed by atoms with Crippen LogP contribution in [0.1, 0.15) is 44.9 Å². The Hall–Kier alpha value is 0.250. The van der Waals surface area contributed by atoms with Gasteiger partial charge in [-0.25, -0.2) is 0 Å². The Labute approximate surface area is 82.7 Å². The van der Waals surface area contributed by atoms with Crippen molar-refractivity contribution in [3.8, 4) is 0 Å². The molecule has 74 valence electrons. The monoisotopic (exact) mass is 191 g/mol. The molecule has 0 bridgehead atoms. The van der Waals surface area contributed by atoms with Crippen molar-refractivity contribution in [1.82, 2.24) is 5.32 Å². The zero-order valence-electron chi connectivity index (χ0n) is 8.14. The van der Waals surface area contributed by atoms with Crippen LogP contribution in [0.25, 0.3) is 0 Å². The Kier molecular flexibility index (Phi) is 8.04. The first-order valence-corrected chi connectivity index (χ1v) is 5.08. The molecule has 0 aromatic rings. The second-order valence-electron chi connectivity index (χ2n) is 3.75. The summed E-state index contributed by atoms with van der Waals surface area (Å²) in [5, 5.41) is 3.24. The standard InChI is InChI=1S/C10H21N.ClH/c1-11-9-8-10-6-4-2-3-5-7-10;/h10-11H,2-9H2,1H3;1H. The van der Waals surface area contributed by atoms with E-state index < -0.39 is 0 Å². The van der Waals surface area contributed by atoms with Crippen LogP contribution in [0.4, 0.5) is 0 Å². The third-order valence-corrected chi connectivity index (χ3v) is 2.78. The van der Waals surface area contributed by atoms with Crippen molar-refractivity contribution in [3.63, 3.8) is 0 Å². The molecule has 0 atom stereocenters. The number of nitrogens with one attached hydrogen (secondary N) is 1. The molecule has 0 spiro atoms. The molecule has 0 saturated heterocycles. The number of halogens is 1. The summed E-state index contributed by atoms with van der Waals surface area (Å²) in [5.41, 5.74) is 0. The van der Waals surface area contributed by atoms with Crippen LogP contribution in [0.3, 0.4) is 0 Å². The van der Waals surface area contributed by atoms with Gasteiger partial charge in [-0.2, -0.15) is 0 Å². The zero-order valence-corrected chi connectivity index (χ0v) is 8.96. The molecule has 0 aromatic carbocycles. The first kappa shape index (κ1) is 12.2. The van der Waals surface area contributed by atoms with Crippen LogP contribution in [0, 0.1) is 5.92 Å². The van der Waals surface area contributed by atoms with Crippen LogP contribution in [-0.4, -0.2) is 13.6 Å². The van der Waals surface area contributed by atoms with E-state index in [0.29, 0.717) is 0 Å². The number of hydrogen-bond donors (Lipinski definition) is 1. The van der Waals surface area contributed by atoms with Gasteiger partial charge in [0.05, 0.1) is 0 Å². The maximum atomic E-state index is 3.24. The molecule has 1 N–H and O–H groups in total. The van der Waals surface area contributed by atoms with Crippen LogP contribution >= 0.6 is 12.4 Å². The highest BCUT2D eigenvalue weighted by Crippen LogP contribution is 2.24. The summed E-state index contributed by atoms with van der Waals surface area (Å²) < 4.78 is 0. The van der Waals surface area contributed by atoms with Gasteiger partial charge in [0.15, 0.2) is 0 Å². The summed E-state index contributed by atoms with van der Waals surface area (Å²) in [5.74, 6) is 1.03. The van der Waals surface area contributed by atoms with Crippen molar-refractivity contribution in [3.05, 3.63) is 0 Å². The summed E-state index contributed by atoms with van der Waals surface area (Å²) in [6.07, 6.45) is 10.3. The molecule has 1 aliphatic rings. The Morgan fingerprint density at radius 1 is 1.08 bits per heavy atom. The Bertz CT molecular complexity index is 87.8. The first-order valence-electron chi connectivity index (χ1n) is 5.08. The van der Waals surface area contributed by atoms with Gasteiger partial charge in [-0.15, -0.1) is 12.4 Å². The molecular formula is C10H22ClN. The van der Waals surface area contributed by atoms with Gasteiger partial charge < -0.3 is 5.32 Å². The average Bonchev–Trinajstić information content (AvgIpc) is 2.28. The van der Waals surface area contributed by atoms with Crippen LogP contribution in [0.2, 0.25) is 0 Å². The van der Waals surface area contributed by atoms with Gasteiger partial charge in [0, 0.05) is 0 Å². The summed E-state index contributed by atoms with van der Waals surface area (Å²) in [6, 6.07) is 0. The molecule has 0 aromatic heterocycles. The third-order valence-electron chi connectivity index (χ3n) is 2.78. The van der Waals surface area contributed by atoms with E-state index in [4.69, 9.17) is 0 Å². The topological polar surface area (TPSA) is 12.0 Å². The molecule has 1 aliphatic carbocycles. The molecule has 1 nitrogen and oxygen atoms in total. The van der Waals surface area contributed by atoms with Gasteiger partial charge >= 0.3 is 0 Å². The predicted molar refractivity (Wildman–Crippen MR) is 57.0 cm³/mol. The van der Waals surface area contributed by atoms with E-state index in [2.05, 4.69) is 12.4 Å². The maximum Gasteiger partial charge on any atom is -0.00493 e. The molecule has 1 fully saturated rings. The van der Waals surface area contributed by atoms with Crippen LogP contribution in [0.5, 0.6) is 0 Å². The van der Waals surface area contributed by atoms with Gasteiger partial charge in [0.2, 0.25) is 0 Å². The molecule has 0 amide bonds. The van der Waals surface area contributed by atoms with E-state index in [1.54, 1.807) is 0 Å². The van der Waals surface area contributed by atoms with Crippen LogP contribution in [-0.2, 0) is 0 Å². The van der Waals surface area contributed by atoms with E-state index in [1.807, 2.05) is 0 Å². The quantitative estimate of drug-likeness (QED) is 0.677. The van der Waals surface area contributed by atoms with Crippen molar-refractivity contribution < 1.29 is 0 Å². The number of rotatable bonds is 3. The van der Waals surface area contributed by atoms with Crippen LogP contribution < -0.4 is 5.32 Å². The fraction of sp³-hybridized carbons (Fsp3) is 1.00. The molecule has 0 heterocycles. The molecule has 2 heteroatoms. The number of hydrogen-bond acceptors (Lipinski definition) is 1. The average molecular weight is 192 g/mol. The largest absolute Gasteiger partial charge is 0.320 e. The third kappa shape index (κ3) is 5.00. The van der Waals surface area contributed by atoms with E-state index >= 15 is 0 Å². The van der Waals surface area contributed by atoms with E-state index in [-0.39, 0.29) is 12.4 Å². The summed E-state index contributed by atoms with van der Waals surface area (Å²) in [6.45, 7) is 1.21. The molecule has 12 heavy (non-hydrogen) atoms. The van der Waals surface area contributed by atoms with Crippen molar-refractivity contribution in [2.75, 3.05) is 13.6 Å². The van der Waals surface area contributed by atoms with Gasteiger partial charge in [0.25, 0.3) is 0 Å². The Morgan fingerprint density at radius 3 is 2.17 bits per heavy atom. The molecule has 1 saturated carbocycles. The second kappa shape index (κ2) is 7.88. The lowest BCUT2D eigenvalue weighted by Crippen LogP contribution is -2.12. The lowest BCUT2D eigenvalue weighted by Gasteiger charge is -2.12. The van der Waals surface area contributed by atoms with Crippen molar-refractivity contribution in [2.45, 2.75) is 44.9 Å². The minimum absolute atomic E-state index is 0. The van der Waals surface area contributed by atoms with E-state index in [1.165, 1.54) is 51.5 Å². The predicted octanol–water partition coefficient (Wildman–Crippen LogP) is 2.99. The lowest BCUT2D eigenvalue weighted by molar-refractivity contribution is 0.422. The molecule has 1 rings (SSSR count). The molecular weight excluding hydrogens is 170 g/mol. The zero-order chi connectivity index (χ0) is 7.94. The summed E-state index contributed by atoms with van der Waals surface area (Å²) in [7, 11) is 2.05. The van der Waals surface area contributed by atoms with Crippen molar-refractivity contribution in [1.29, 1.82) is 0 Å². The minimum atomic E-state index is 0. The second-order valence-corrected chi connectivity index (χ2v) is 3.75. The highest BCUT2D eigenvalue weighted by atomic mass is 35.5.